The third kappa shape index (κ3) is 3.80. The fourth-order valence-corrected chi connectivity index (χ4v) is 4.66. The summed E-state index contributed by atoms with van der Waals surface area (Å²) < 4.78 is 6.36. The van der Waals surface area contributed by atoms with Gasteiger partial charge in [-0.3, -0.25) is 10.1 Å². The molecule has 0 fully saturated rings. The van der Waals surface area contributed by atoms with E-state index in [1.165, 1.54) is 23.5 Å². The lowest BCUT2D eigenvalue weighted by molar-refractivity contribution is -0.384. The van der Waals surface area contributed by atoms with E-state index in [4.69, 9.17) is 9.84 Å². The van der Waals surface area contributed by atoms with Crippen LogP contribution in [0.4, 0.5) is 10.8 Å². The van der Waals surface area contributed by atoms with Crippen LogP contribution in [0.15, 0.2) is 46.0 Å². The van der Waals surface area contributed by atoms with Gasteiger partial charge < -0.3 is 4.74 Å². The van der Waals surface area contributed by atoms with Crippen LogP contribution < -0.4 is 9.75 Å². The highest BCUT2D eigenvalue weighted by molar-refractivity contribution is 9.10. The highest BCUT2D eigenvalue weighted by atomic mass is 79.9. The fourth-order valence-electron chi connectivity index (χ4n) is 3.37. The van der Waals surface area contributed by atoms with E-state index in [-0.39, 0.29) is 11.7 Å². The standard InChI is InChI=1S/C20H18BrN5O3S/c1-11-8-14-9-17(21)18(29-3)10-16(14)19(13-4-6-15(7-5-13)26(27)28)24-25(11)20-23-22-12(2)30-20/h4-7,9-11H,8H2,1-3H3. The summed E-state index contributed by atoms with van der Waals surface area (Å²) in [5, 5.41) is 27.9. The maximum Gasteiger partial charge on any atom is 0.269 e. The number of aromatic nitrogens is 2. The number of hydrogen-bond donors (Lipinski definition) is 0. The molecule has 0 radical (unpaired) electrons. The molecule has 2 heterocycles. The first-order valence-electron chi connectivity index (χ1n) is 9.17. The van der Waals surface area contributed by atoms with Crippen molar-refractivity contribution in [2.24, 2.45) is 5.10 Å². The lowest BCUT2D eigenvalue weighted by Crippen LogP contribution is -2.29. The molecule has 0 amide bonds. The first kappa shape index (κ1) is 20.4. The zero-order valence-corrected chi connectivity index (χ0v) is 18.9. The minimum absolute atomic E-state index is 0.0338. The van der Waals surface area contributed by atoms with E-state index in [0.29, 0.717) is 16.6 Å². The number of halogens is 1. The third-order valence-electron chi connectivity index (χ3n) is 4.84. The van der Waals surface area contributed by atoms with E-state index in [2.05, 4.69) is 33.1 Å². The summed E-state index contributed by atoms with van der Waals surface area (Å²) in [6.07, 6.45) is 0.733. The largest absolute Gasteiger partial charge is 0.496 e. The molecule has 30 heavy (non-hydrogen) atoms. The van der Waals surface area contributed by atoms with E-state index < -0.39 is 4.92 Å². The van der Waals surface area contributed by atoms with Crippen LogP contribution in [-0.2, 0) is 6.42 Å². The van der Waals surface area contributed by atoms with Gasteiger partial charge >= 0.3 is 0 Å². The Morgan fingerprint density at radius 1 is 1.27 bits per heavy atom. The molecular formula is C20H18BrN5O3S. The van der Waals surface area contributed by atoms with Crippen molar-refractivity contribution in [2.75, 3.05) is 12.1 Å². The molecule has 10 heteroatoms. The third-order valence-corrected chi connectivity index (χ3v) is 6.28. The fraction of sp³-hybridized carbons (Fsp3) is 0.250. The molecule has 0 spiro atoms. The Labute approximate surface area is 185 Å². The molecule has 0 saturated carbocycles. The molecule has 0 bridgehead atoms. The van der Waals surface area contributed by atoms with Crippen molar-refractivity contribution in [1.29, 1.82) is 0 Å². The number of fused-ring (bicyclic) bond motifs is 1. The van der Waals surface area contributed by atoms with Crippen LogP contribution in [0.1, 0.15) is 28.6 Å². The first-order valence-corrected chi connectivity index (χ1v) is 10.8. The summed E-state index contributed by atoms with van der Waals surface area (Å²) >= 11 is 5.05. The average Bonchev–Trinajstić information content (AvgIpc) is 3.09. The Bertz CT molecular complexity index is 1150. The molecule has 1 atom stereocenters. The summed E-state index contributed by atoms with van der Waals surface area (Å²) in [5.74, 6) is 0.691. The maximum absolute atomic E-state index is 11.1. The molecule has 1 aliphatic heterocycles. The molecule has 4 rings (SSSR count). The Balaban J connectivity index is 1.91. The van der Waals surface area contributed by atoms with E-state index in [1.807, 2.05) is 24.1 Å². The van der Waals surface area contributed by atoms with Gasteiger partial charge in [-0.1, -0.05) is 11.3 Å². The van der Waals surface area contributed by atoms with Crippen LogP contribution in [0, 0.1) is 17.0 Å². The van der Waals surface area contributed by atoms with Crippen LogP contribution >= 0.6 is 27.3 Å². The molecular weight excluding hydrogens is 470 g/mol. The number of methoxy groups -OCH3 is 1. The maximum atomic E-state index is 11.1. The van der Waals surface area contributed by atoms with Crippen molar-refractivity contribution in [3.05, 3.63) is 72.7 Å². The quantitative estimate of drug-likeness (QED) is 0.390. The highest BCUT2D eigenvalue weighted by Gasteiger charge is 2.27. The van der Waals surface area contributed by atoms with Crippen molar-refractivity contribution >= 4 is 43.8 Å². The van der Waals surface area contributed by atoms with Crippen LogP contribution in [0.5, 0.6) is 5.75 Å². The number of nitrogens with zero attached hydrogens (tertiary/aromatic N) is 5. The minimum atomic E-state index is -0.412. The second-order valence-corrected chi connectivity index (χ2v) is 8.91. The molecule has 0 saturated heterocycles. The van der Waals surface area contributed by atoms with Gasteiger partial charge in [0.05, 0.1) is 28.3 Å². The molecule has 154 valence electrons. The molecule has 0 N–H and O–H groups in total. The number of aryl methyl sites for hydroxylation is 1. The zero-order valence-electron chi connectivity index (χ0n) is 16.5. The number of hydrogen-bond acceptors (Lipinski definition) is 8. The molecule has 0 aliphatic carbocycles. The van der Waals surface area contributed by atoms with Crippen molar-refractivity contribution in [3.63, 3.8) is 0 Å². The number of anilines is 1. The zero-order chi connectivity index (χ0) is 21.4. The summed E-state index contributed by atoms with van der Waals surface area (Å²) in [7, 11) is 1.62. The summed E-state index contributed by atoms with van der Waals surface area (Å²) in [6.45, 7) is 3.99. The predicted molar refractivity (Wildman–Crippen MR) is 120 cm³/mol. The van der Waals surface area contributed by atoms with Crippen molar-refractivity contribution in [1.82, 2.24) is 10.2 Å². The molecule has 1 aliphatic rings. The van der Waals surface area contributed by atoms with E-state index in [9.17, 15) is 10.1 Å². The van der Waals surface area contributed by atoms with Gasteiger partial charge in [0, 0.05) is 23.3 Å². The summed E-state index contributed by atoms with van der Waals surface area (Å²) in [5.41, 5.74) is 3.51. The number of nitro benzene ring substituents is 1. The molecule has 2 aromatic carbocycles. The summed E-state index contributed by atoms with van der Waals surface area (Å²) in [4.78, 5) is 10.7. The van der Waals surface area contributed by atoms with Crippen LogP contribution in [0.2, 0.25) is 0 Å². The van der Waals surface area contributed by atoms with Crippen LogP contribution in [0.3, 0.4) is 0 Å². The van der Waals surface area contributed by atoms with Gasteiger partial charge in [0.25, 0.3) is 5.69 Å². The van der Waals surface area contributed by atoms with Crippen LogP contribution in [0.25, 0.3) is 0 Å². The number of rotatable bonds is 4. The van der Waals surface area contributed by atoms with E-state index in [0.717, 1.165) is 32.6 Å². The Kier molecular flexibility index (Phi) is 5.52. The van der Waals surface area contributed by atoms with Crippen molar-refractivity contribution in [3.8, 4) is 5.75 Å². The van der Waals surface area contributed by atoms with E-state index >= 15 is 0 Å². The number of benzene rings is 2. The monoisotopic (exact) mass is 487 g/mol. The molecule has 3 aromatic rings. The van der Waals surface area contributed by atoms with Gasteiger partial charge in [-0.05, 0) is 66.0 Å². The van der Waals surface area contributed by atoms with Gasteiger partial charge in [0.15, 0.2) is 0 Å². The second kappa shape index (κ2) is 8.11. The van der Waals surface area contributed by atoms with E-state index in [1.54, 1.807) is 19.2 Å². The van der Waals surface area contributed by atoms with Crippen LogP contribution in [-0.4, -0.2) is 34.0 Å². The number of non-ortho nitro benzene ring substituents is 1. The van der Waals surface area contributed by atoms with Gasteiger partial charge in [0.1, 0.15) is 10.8 Å². The Hall–Kier alpha value is -2.85. The predicted octanol–water partition coefficient (Wildman–Crippen LogP) is 4.73. The number of nitro groups is 1. The SMILES string of the molecule is COc1cc2c(cc1Br)CC(C)N(c1nnc(C)s1)N=C2c1ccc([N+](=O)[O-])cc1. The van der Waals surface area contributed by atoms with Gasteiger partial charge in [0.2, 0.25) is 5.13 Å². The molecule has 1 aromatic heterocycles. The summed E-state index contributed by atoms with van der Waals surface area (Å²) in [6, 6.07) is 10.4. The minimum Gasteiger partial charge on any atom is -0.496 e. The van der Waals surface area contributed by atoms with Gasteiger partial charge in [-0.25, -0.2) is 5.01 Å². The second-order valence-electron chi connectivity index (χ2n) is 6.90. The average molecular weight is 488 g/mol. The lowest BCUT2D eigenvalue weighted by Gasteiger charge is -2.21. The Morgan fingerprint density at radius 2 is 2.00 bits per heavy atom. The van der Waals surface area contributed by atoms with Crippen molar-refractivity contribution < 1.29 is 9.66 Å². The highest BCUT2D eigenvalue weighted by Crippen LogP contribution is 2.35. The lowest BCUT2D eigenvalue weighted by atomic mass is 9.94. The molecule has 8 nitrogen and oxygen atoms in total. The smallest absolute Gasteiger partial charge is 0.269 e. The van der Waals surface area contributed by atoms with Gasteiger partial charge in [-0.2, -0.15) is 5.10 Å². The van der Waals surface area contributed by atoms with Crippen molar-refractivity contribution in [2.45, 2.75) is 26.3 Å². The first-order chi connectivity index (χ1) is 14.4. The molecule has 1 unspecified atom stereocenters. The topological polar surface area (TPSA) is 93.8 Å². The normalized spacial score (nSPS) is 15.9. The number of ether oxygens (including phenoxy) is 1. The van der Waals surface area contributed by atoms with Gasteiger partial charge in [-0.15, -0.1) is 10.2 Å². The number of hydrazone groups is 1. The Morgan fingerprint density at radius 3 is 2.60 bits per heavy atom.